The SMILES string of the molecule is CCC(C)C(C)NS(=O)(=O)c1ccc(CCC(=O)O)cc1. The van der Waals surface area contributed by atoms with Crippen molar-refractivity contribution in [1.82, 2.24) is 4.72 Å². The highest BCUT2D eigenvalue weighted by Gasteiger charge is 2.20. The van der Waals surface area contributed by atoms with E-state index < -0.39 is 16.0 Å². The summed E-state index contributed by atoms with van der Waals surface area (Å²) in [5.74, 6) is -0.606. The van der Waals surface area contributed by atoms with Crippen molar-refractivity contribution in [2.24, 2.45) is 5.92 Å². The first-order valence-corrected chi connectivity index (χ1v) is 8.57. The molecule has 118 valence electrons. The van der Waals surface area contributed by atoms with Gasteiger partial charge in [-0.1, -0.05) is 32.4 Å². The van der Waals surface area contributed by atoms with E-state index in [1.165, 1.54) is 12.1 Å². The Balaban J connectivity index is 2.78. The van der Waals surface area contributed by atoms with E-state index in [-0.39, 0.29) is 23.3 Å². The number of carboxylic acid groups (broad SMARTS) is 1. The van der Waals surface area contributed by atoms with E-state index in [1.807, 2.05) is 20.8 Å². The second-order valence-electron chi connectivity index (χ2n) is 5.33. The molecule has 0 saturated carbocycles. The molecule has 21 heavy (non-hydrogen) atoms. The maximum atomic E-state index is 12.2. The number of sulfonamides is 1. The van der Waals surface area contributed by atoms with Gasteiger partial charge in [0.25, 0.3) is 0 Å². The Hall–Kier alpha value is -1.40. The van der Waals surface area contributed by atoms with E-state index in [0.717, 1.165) is 12.0 Å². The maximum Gasteiger partial charge on any atom is 0.303 e. The highest BCUT2D eigenvalue weighted by Crippen LogP contribution is 2.15. The number of nitrogens with one attached hydrogen (secondary N) is 1. The highest BCUT2D eigenvalue weighted by atomic mass is 32.2. The summed E-state index contributed by atoms with van der Waals surface area (Å²) >= 11 is 0. The molecule has 2 unspecified atom stereocenters. The van der Waals surface area contributed by atoms with E-state index >= 15 is 0 Å². The van der Waals surface area contributed by atoms with Crippen molar-refractivity contribution in [2.45, 2.75) is 51.0 Å². The molecule has 0 saturated heterocycles. The molecule has 0 bridgehead atoms. The number of hydrogen-bond acceptors (Lipinski definition) is 3. The molecule has 0 aliphatic heterocycles. The lowest BCUT2D eigenvalue weighted by molar-refractivity contribution is -0.136. The molecule has 1 aromatic carbocycles. The predicted molar refractivity (Wildman–Crippen MR) is 81.6 cm³/mol. The van der Waals surface area contributed by atoms with Crippen LogP contribution in [0, 0.1) is 5.92 Å². The van der Waals surface area contributed by atoms with Crippen LogP contribution in [0.5, 0.6) is 0 Å². The first-order chi connectivity index (χ1) is 9.76. The molecule has 0 aliphatic rings. The maximum absolute atomic E-state index is 12.2. The summed E-state index contributed by atoms with van der Waals surface area (Å²) in [6.45, 7) is 5.88. The third-order valence-electron chi connectivity index (χ3n) is 3.70. The zero-order valence-corrected chi connectivity index (χ0v) is 13.5. The quantitative estimate of drug-likeness (QED) is 0.772. The van der Waals surface area contributed by atoms with Gasteiger partial charge in [-0.3, -0.25) is 4.79 Å². The summed E-state index contributed by atoms with van der Waals surface area (Å²) < 4.78 is 27.1. The number of rotatable bonds is 8. The van der Waals surface area contributed by atoms with Crippen molar-refractivity contribution in [3.8, 4) is 0 Å². The van der Waals surface area contributed by atoms with Crippen molar-refractivity contribution in [1.29, 1.82) is 0 Å². The van der Waals surface area contributed by atoms with Crippen LogP contribution in [0.3, 0.4) is 0 Å². The second-order valence-corrected chi connectivity index (χ2v) is 7.05. The molecule has 0 spiro atoms. The minimum atomic E-state index is -3.53. The molecule has 0 aromatic heterocycles. The predicted octanol–water partition coefficient (Wildman–Crippen LogP) is 2.42. The van der Waals surface area contributed by atoms with Crippen molar-refractivity contribution in [3.63, 3.8) is 0 Å². The molecule has 0 aliphatic carbocycles. The lowest BCUT2D eigenvalue weighted by Crippen LogP contribution is -2.36. The van der Waals surface area contributed by atoms with Gasteiger partial charge in [-0.2, -0.15) is 0 Å². The van der Waals surface area contributed by atoms with Gasteiger partial charge in [-0.15, -0.1) is 0 Å². The number of aryl methyl sites for hydroxylation is 1. The van der Waals surface area contributed by atoms with Gasteiger partial charge in [0, 0.05) is 12.5 Å². The topological polar surface area (TPSA) is 83.5 Å². The Kier molecular flexibility index (Phi) is 6.36. The summed E-state index contributed by atoms with van der Waals surface area (Å²) in [5.41, 5.74) is 0.811. The standard InChI is InChI=1S/C15H23NO4S/c1-4-11(2)12(3)16-21(19,20)14-8-5-13(6-9-14)7-10-15(17)18/h5-6,8-9,11-12,16H,4,7,10H2,1-3H3,(H,17,18). The second kappa shape index (κ2) is 7.56. The van der Waals surface area contributed by atoms with Gasteiger partial charge < -0.3 is 5.11 Å². The van der Waals surface area contributed by atoms with E-state index in [1.54, 1.807) is 12.1 Å². The molecular formula is C15H23NO4S. The first kappa shape index (κ1) is 17.7. The summed E-state index contributed by atoms with van der Waals surface area (Å²) in [6, 6.07) is 6.22. The number of hydrogen-bond donors (Lipinski definition) is 2. The average Bonchev–Trinajstić information content (AvgIpc) is 2.44. The normalized spacial score (nSPS) is 14.6. The van der Waals surface area contributed by atoms with Crippen LogP contribution in [0.1, 0.15) is 39.2 Å². The number of benzene rings is 1. The largest absolute Gasteiger partial charge is 0.481 e. The molecule has 6 heteroatoms. The van der Waals surface area contributed by atoms with Gasteiger partial charge in [-0.25, -0.2) is 13.1 Å². The Morgan fingerprint density at radius 3 is 2.29 bits per heavy atom. The Bertz CT molecular complexity index is 566. The summed E-state index contributed by atoms with van der Waals surface area (Å²) in [7, 11) is -3.53. The molecular weight excluding hydrogens is 290 g/mol. The fourth-order valence-corrected chi connectivity index (χ4v) is 3.22. The molecule has 5 nitrogen and oxygen atoms in total. The fraction of sp³-hybridized carbons (Fsp3) is 0.533. The molecule has 0 fully saturated rings. The first-order valence-electron chi connectivity index (χ1n) is 7.09. The van der Waals surface area contributed by atoms with E-state index in [4.69, 9.17) is 5.11 Å². The van der Waals surface area contributed by atoms with Gasteiger partial charge in [0.05, 0.1) is 4.90 Å². The molecule has 0 heterocycles. The molecule has 0 amide bonds. The van der Waals surface area contributed by atoms with E-state index in [2.05, 4.69) is 4.72 Å². The third-order valence-corrected chi connectivity index (χ3v) is 5.27. The van der Waals surface area contributed by atoms with Crippen LogP contribution in [0.2, 0.25) is 0 Å². The van der Waals surface area contributed by atoms with Crippen LogP contribution in [-0.2, 0) is 21.2 Å². The highest BCUT2D eigenvalue weighted by molar-refractivity contribution is 7.89. The number of carboxylic acids is 1. The van der Waals surface area contributed by atoms with Crippen LogP contribution in [0.4, 0.5) is 0 Å². The van der Waals surface area contributed by atoms with E-state index in [0.29, 0.717) is 6.42 Å². The third kappa shape index (κ3) is 5.47. The van der Waals surface area contributed by atoms with Crippen molar-refractivity contribution in [2.75, 3.05) is 0 Å². The molecule has 1 rings (SSSR count). The minimum absolute atomic E-state index is 0.0371. The van der Waals surface area contributed by atoms with Crippen LogP contribution < -0.4 is 4.72 Å². The van der Waals surface area contributed by atoms with Crippen molar-refractivity contribution >= 4 is 16.0 Å². The molecule has 2 atom stereocenters. The van der Waals surface area contributed by atoms with Gasteiger partial charge in [0.2, 0.25) is 10.0 Å². The smallest absolute Gasteiger partial charge is 0.303 e. The monoisotopic (exact) mass is 313 g/mol. The van der Waals surface area contributed by atoms with Crippen LogP contribution in [0.15, 0.2) is 29.2 Å². The van der Waals surface area contributed by atoms with Crippen LogP contribution in [0.25, 0.3) is 0 Å². The lowest BCUT2D eigenvalue weighted by atomic mass is 10.0. The van der Waals surface area contributed by atoms with E-state index in [9.17, 15) is 13.2 Å². The minimum Gasteiger partial charge on any atom is -0.481 e. The van der Waals surface area contributed by atoms with Gasteiger partial charge in [0.15, 0.2) is 0 Å². The van der Waals surface area contributed by atoms with Crippen molar-refractivity contribution < 1.29 is 18.3 Å². The van der Waals surface area contributed by atoms with Gasteiger partial charge in [0.1, 0.15) is 0 Å². The van der Waals surface area contributed by atoms with Gasteiger partial charge in [-0.05, 0) is 37.0 Å². The van der Waals surface area contributed by atoms with Crippen LogP contribution >= 0.6 is 0 Å². The van der Waals surface area contributed by atoms with Gasteiger partial charge >= 0.3 is 5.97 Å². The fourth-order valence-electron chi connectivity index (χ4n) is 1.87. The summed E-state index contributed by atoms with van der Waals surface area (Å²) in [6.07, 6.45) is 1.33. The zero-order valence-electron chi connectivity index (χ0n) is 12.7. The number of carbonyl (C=O) groups is 1. The number of aliphatic carboxylic acids is 1. The van der Waals surface area contributed by atoms with Crippen molar-refractivity contribution in [3.05, 3.63) is 29.8 Å². The molecule has 0 radical (unpaired) electrons. The Labute approximate surface area is 126 Å². The summed E-state index contributed by atoms with van der Waals surface area (Å²) in [5, 5.41) is 8.63. The molecule has 1 aromatic rings. The zero-order chi connectivity index (χ0) is 16.0. The van der Waals surface area contributed by atoms with Crippen LogP contribution in [-0.4, -0.2) is 25.5 Å². The Morgan fingerprint density at radius 1 is 1.24 bits per heavy atom. The lowest BCUT2D eigenvalue weighted by Gasteiger charge is -2.19. The Morgan fingerprint density at radius 2 is 1.81 bits per heavy atom. The summed E-state index contributed by atoms with van der Waals surface area (Å²) in [4.78, 5) is 10.7. The average molecular weight is 313 g/mol. The molecule has 2 N–H and O–H groups in total.